The summed E-state index contributed by atoms with van der Waals surface area (Å²) >= 11 is 0. The standard InChI is InChI=1S/C18H26N4O2/c1-4-6-15-20-14-7-5-10-19-16(14)22(15)13-8-11-21(12-9-13)17(23)18(2,3)24/h5,7,10,13,24H,4,6,8-9,11-12H2,1-3H3. The molecule has 2 aromatic heterocycles. The minimum atomic E-state index is -1.30. The lowest BCUT2D eigenvalue weighted by atomic mass is 10.0. The highest BCUT2D eigenvalue weighted by molar-refractivity contribution is 5.84. The van der Waals surface area contributed by atoms with Gasteiger partial charge in [-0.05, 0) is 45.2 Å². The van der Waals surface area contributed by atoms with E-state index in [1.807, 2.05) is 18.3 Å². The Balaban J connectivity index is 1.83. The van der Waals surface area contributed by atoms with Gasteiger partial charge in [0.25, 0.3) is 5.91 Å². The summed E-state index contributed by atoms with van der Waals surface area (Å²) in [6.45, 7) is 6.57. The molecule has 0 atom stereocenters. The second-order valence-corrected chi connectivity index (χ2v) is 7.08. The maximum absolute atomic E-state index is 12.2. The van der Waals surface area contributed by atoms with Gasteiger partial charge in [0.2, 0.25) is 0 Å². The van der Waals surface area contributed by atoms with E-state index in [-0.39, 0.29) is 5.91 Å². The highest BCUT2D eigenvalue weighted by Crippen LogP contribution is 2.29. The average molecular weight is 330 g/mol. The number of fused-ring (bicyclic) bond motifs is 1. The SMILES string of the molecule is CCCc1nc2cccnc2n1C1CCN(C(=O)C(C)(C)O)CC1. The molecule has 1 aliphatic rings. The number of carbonyl (C=O) groups is 1. The summed E-state index contributed by atoms with van der Waals surface area (Å²) in [6.07, 6.45) is 5.50. The molecule has 1 fully saturated rings. The van der Waals surface area contributed by atoms with Crippen molar-refractivity contribution >= 4 is 17.1 Å². The van der Waals surface area contributed by atoms with Crippen molar-refractivity contribution < 1.29 is 9.90 Å². The van der Waals surface area contributed by atoms with E-state index in [0.717, 1.165) is 42.7 Å². The van der Waals surface area contributed by atoms with Gasteiger partial charge in [0.05, 0.1) is 0 Å². The molecule has 6 nitrogen and oxygen atoms in total. The lowest BCUT2D eigenvalue weighted by molar-refractivity contribution is -0.149. The molecule has 3 rings (SSSR count). The number of hydrogen-bond donors (Lipinski definition) is 1. The molecular weight excluding hydrogens is 304 g/mol. The van der Waals surface area contributed by atoms with Gasteiger partial charge < -0.3 is 14.6 Å². The van der Waals surface area contributed by atoms with Crippen LogP contribution in [0.15, 0.2) is 18.3 Å². The van der Waals surface area contributed by atoms with Crippen molar-refractivity contribution in [3.05, 3.63) is 24.2 Å². The van der Waals surface area contributed by atoms with E-state index in [4.69, 9.17) is 4.98 Å². The van der Waals surface area contributed by atoms with Gasteiger partial charge in [-0.3, -0.25) is 4.79 Å². The number of aryl methyl sites for hydroxylation is 1. The highest BCUT2D eigenvalue weighted by atomic mass is 16.3. The number of likely N-dealkylation sites (tertiary alicyclic amines) is 1. The van der Waals surface area contributed by atoms with Crippen molar-refractivity contribution in [2.75, 3.05) is 13.1 Å². The number of amides is 1. The van der Waals surface area contributed by atoms with Crippen LogP contribution in [0.4, 0.5) is 0 Å². The van der Waals surface area contributed by atoms with Gasteiger partial charge in [0.15, 0.2) is 5.65 Å². The van der Waals surface area contributed by atoms with Crippen molar-refractivity contribution in [1.29, 1.82) is 0 Å². The molecule has 0 radical (unpaired) electrons. The Hall–Kier alpha value is -1.95. The Bertz CT molecular complexity index is 724. The van der Waals surface area contributed by atoms with E-state index in [2.05, 4.69) is 16.5 Å². The number of piperidine rings is 1. The van der Waals surface area contributed by atoms with Crippen LogP contribution in [0.2, 0.25) is 0 Å². The number of aliphatic hydroxyl groups is 1. The molecule has 1 aliphatic heterocycles. The number of nitrogens with zero attached hydrogens (tertiary/aromatic N) is 4. The summed E-state index contributed by atoms with van der Waals surface area (Å²) in [7, 11) is 0. The van der Waals surface area contributed by atoms with Gasteiger partial charge in [0.1, 0.15) is 16.9 Å². The van der Waals surface area contributed by atoms with E-state index in [9.17, 15) is 9.90 Å². The Kier molecular flexibility index (Phi) is 4.58. The van der Waals surface area contributed by atoms with Crippen molar-refractivity contribution in [3.63, 3.8) is 0 Å². The first-order chi connectivity index (χ1) is 11.4. The number of aromatic nitrogens is 3. The molecule has 0 aromatic carbocycles. The van der Waals surface area contributed by atoms with Crippen LogP contribution in [0.25, 0.3) is 11.2 Å². The van der Waals surface area contributed by atoms with Crippen LogP contribution in [0.5, 0.6) is 0 Å². The van der Waals surface area contributed by atoms with Crippen LogP contribution in [-0.4, -0.2) is 49.1 Å². The Morgan fingerprint density at radius 3 is 2.71 bits per heavy atom. The van der Waals surface area contributed by atoms with Crippen molar-refractivity contribution in [2.45, 2.75) is 58.1 Å². The number of pyridine rings is 1. The summed E-state index contributed by atoms with van der Waals surface area (Å²) < 4.78 is 2.27. The first-order valence-electron chi connectivity index (χ1n) is 8.75. The van der Waals surface area contributed by atoms with Crippen LogP contribution in [-0.2, 0) is 11.2 Å². The Labute approximate surface area is 142 Å². The summed E-state index contributed by atoms with van der Waals surface area (Å²) in [6, 6.07) is 4.22. The second-order valence-electron chi connectivity index (χ2n) is 7.08. The molecule has 0 spiro atoms. The van der Waals surface area contributed by atoms with Gasteiger partial charge in [0, 0.05) is 31.7 Å². The summed E-state index contributed by atoms with van der Waals surface area (Å²) in [5.41, 5.74) is 0.577. The lowest BCUT2D eigenvalue weighted by Crippen LogP contribution is -2.48. The minimum Gasteiger partial charge on any atom is -0.381 e. The number of carbonyl (C=O) groups excluding carboxylic acids is 1. The fourth-order valence-corrected chi connectivity index (χ4v) is 3.47. The predicted octanol–water partition coefficient (Wildman–Crippen LogP) is 2.32. The zero-order valence-electron chi connectivity index (χ0n) is 14.7. The molecule has 3 heterocycles. The summed E-state index contributed by atoms with van der Waals surface area (Å²) in [4.78, 5) is 23.3. The summed E-state index contributed by atoms with van der Waals surface area (Å²) in [5, 5.41) is 9.93. The van der Waals surface area contributed by atoms with Crippen molar-refractivity contribution in [2.24, 2.45) is 0 Å². The zero-order chi connectivity index (χ0) is 17.3. The first-order valence-corrected chi connectivity index (χ1v) is 8.75. The molecule has 1 N–H and O–H groups in total. The molecule has 130 valence electrons. The van der Waals surface area contributed by atoms with E-state index in [1.165, 1.54) is 0 Å². The van der Waals surface area contributed by atoms with Crippen LogP contribution in [0, 0.1) is 0 Å². The Morgan fingerprint density at radius 1 is 1.38 bits per heavy atom. The van der Waals surface area contributed by atoms with Crippen LogP contribution < -0.4 is 0 Å². The quantitative estimate of drug-likeness (QED) is 0.934. The van der Waals surface area contributed by atoms with E-state index < -0.39 is 5.60 Å². The Morgan fingerprint density at radius 2 is 2.08 bits per heavy atom. The van der Waals surface area contributed by atoms with E-state index in [1.54, 1.807) is 18.7 Å². The second kappa shape index (κ2) is 6.51. The minimum absolute atomic E-state index is 0.191. The van der Waals surface area contributed by atoms with Crippen molar-refractivity contribution in [3.8, 4) is 0 Å². The lowest BCUT2D eigenvalue weighted by Gasteiger charge is -2.36. The molecule has 6 heteroatoms. The van der Waals surface area contributed by atoms with Gasteiger partial charge >= 0.3 is 0 Å². The predicted molar refractivity (Wildman–Crippen MR) is 92.7 cm³/mol. The third-order valence-electron chi connectivity index (χ3n) is 4.64. The van der Waals surface area contributed by atoms with Crippen molar-refractivity contribution in [1.82, 2.24) is 19.4 Å². The summed E-state index contributed by atoms with van der Waals surface area (Å²) in [5.74, 6) is 0.891. The molecule has 2 aromatic rings. The molecule has 0 unspecified atom stereocenters. The number of rotatable bonds is 4. The molecule has 1 saturated heterocycles. The molecule has 1 amide bonds. The zero-order valence-corrected chi connectivity index (χ0v) is 14.7. The van der Waals surface area contributed by atoms with Crippen LogP contribution in [0.3, 0.4) is 0 Å². The van der Waals surface area contributed by atoms with Gasteiger partial charge in [-0.15, -0.1) is 0 Å². The van der Waals surface area contributed by atoms with Gasteiger partial charge in [-0.25, -0.2) is 9.97 Å². The third kappa shape index (κ3) is 3.15. The normalized spacial score (nSPS) is 16.8. The van der Waals surface area contributed by atoms with Gasteiger partial charge in [-0.1, -0.05) is 6.92 Å². The van der Waals surface area contributed by atoms with Gasteiger partial charge in [-0.2, -0.15) is 0 Å². The van der Waals surface area contributed by atoms with E-state index in [0.29, 0.717) is 19.1 Å². The van der Waals surface area contributed by atoms with E-state index >= 15 is 0 Å². The molecular formula is C18H26N4O2. The largest absolute Gasteiger partial charge is 0.381 e. The molecule has 0 saturated carbocycles. The highest BCUT2D eigenvalue weighted by Gasteiger charge is 2.33. The monoisotopic (exact) mass is 330 g/mol. The first kappa shape index (κ1) is 16.9. The third-order valence-corrected chi connectivity index (χ3v) is 4.64. The van der Waals surface area contributed by atoms with Crippen LogP contribution >= 0.6 is 0 Å². The fourth-order valence-electron chi connectivity index (χ4n) is 3.47. The smallest absolute Gasteiger partial charge is 0.253 e. The fraction of sp³-hybridized carbons (Fsp3) is 0.611. The van der Waals surface area contributed by atoms with Crippen LogP contribution in [0.1, 0.15) is 51.9 Å². The maximum Gasteiger partial charge on any atom is 0.253 e. The number of imidazole rings is 1. The average Bonchev–Trinajstić information content (AvgIpc) is 2.92. The topological polar surface area (TPSA) is 71.2 Å². The molecule has 0 aliphatic carbocycles. The molecule has 0 bridgehead atoms. The maximum atomic E-state index is 12.2. The molecule has 24 heavy (non-hydrogen) atoms. The number of hydrogen-bond acceptors (Lipinski definition) is 4.